The minimum atomic E-state index is -0.959. The molecule has 0 saturated heterocycles. The number of hydrogen-bond acceptors (Lipinski definition) is 3. The summed E-state index contributed by atoms with van der Waals surface area (Å²) < 4.78 is 0. The van der Waals surface area contributed by atoms with E-state index in [2.05, 4.69) is 5.32 Å². The second-order valence-electron chi connectivity index (χ2n) is 5.55. The van der Waals surface area contributed by atoms with Gasteiger partial charge in [0.2, 0.25) is 11.8 Å². The Hall–Kier alpha value is -2.37. The van der Waals surface area contributed by atoms with Gasteiger partial charge in [0.25, 0.3) is 0 Å². The van der Waals surface area contributed by atoms with Crippen molar-refractivity contribution in [1.82, 2.24) is 0 Å². The van der Waals surface area contributed by atoms with Crippen molar-refractivity contribution in [2.24, 2.45) is 23.0 Å². The Kier molecular flexibility index (Phi) is 3.25. The maximum atomic E-state index is 12.1. The first kappa shape index (κ1) is 14.0. The predicted molar refractivity (Wildman–Crippen MR) is 72.0 cm³/mol. The highest BCUT2D eigenvalue weighted by molar-refractivity contribution is 6.00. The fraction of sp³-hybridized carbons (Fsp3) is 0.357. The summed E-state index contributed by atoms with van der Waals surface area (Å²) in [5, 5.41) is 11.7. The number of carboxylic acids is 1. The number of anilines is 1. The van der Waals surface area contributed by atoms with Crippen LogP contribution in [0.3, 0.4) is 0 Å². The number of carbonyl (C=O) groups is 3. The lowest BCUT2D eigenvalue weighted by molar-refractivity contribution is -0.140. The molecule has 4 N–H and O–H groups in total. The zero-order chi connectivity index (χ0) is 15.1. The van der Waals surface area contributed by atoms with E-state index in [1.165, 1.54) is 12.1 Å². The van der Waals surface area contributed by atoms with Crippen LogP contribution in [0.2, 0.25) is 0 Å². The van der Waals surface area contributed by atoms with E-state index in [0.717, 1.165) is 0 Å². The number of rotatable bonds is 4. The fourth-order valence-electron chi connectivity index (χ4n) is 2.53. The van der Waals surface area contributed by atoms with E-state index < -0.39 is 29.1 Å². The molecule has 0 aromatic heterocycles. The largest absolute Gasteiger partial charge is 0.481 e. The monoisotopic (exact) mass is 276 g/mol. The quantitative estimate of drug-likeness (QED) is 0.764. The summed E-state index contributed by atoms with van der Waals surface area (Å²) in [5.74, 6) is -3.03. The highest BCUT2D eigenvalue weighted by Crippen LogP contribution is 2.58. The van der Waals surface area contributed by atoms with Crippen LogP contribution in [0.5, 0.6) is 0 Å². The van der Waals surface area contributed by atoms with Gasteiger partial charge < -0.3 is 16.2 Å². The van der Waals surface area contributed by atoms with Gasteiger partial charge in [-0.25, -0.2) is 0 Å². The molecule has 1 aliphatic carbocycles. The Bertz CT molecular complexity index is 577. The smallest absolute Gasteiger partial charge is 0.307 e. The molecule has 2 unspecified atom stereocenters. The molecule has 20 heavy (non-hydrogen) atoms. The van der Waals surface area contributed by atoms with E-state index in [4.69, 9.17) is 10.8 Å². The minimum Gasteiger partial charge on any atom is -0.481 e. The first-order valence-corrected chi connectivity index (χ1v) is 6.18. The first-order chi connectivity index (χ1) is 9.25. The highest BCUT2D eigenvalue weighted by atomic mass is 16.4. The van der Waals surface area contributed by atoms with E-state index >= 15 is 0 Å². The van der Waals surface area contributed by atoms with Crippen molar-refractivity contribution in [2.45, 2.75) is 13.8 Å². The third-order valence-corrected chi connectivity index (χ3v) is 3.81. The van der Waals surface area contributed by atoms with Crippen molar-refractivity contribution in [1.29, 1.82) is 0 Å². The highest BCUT2D eigenvalue weighted by Gasteiger charge is 2.65. The molecule has 1 aliphatic rings. The maximum absolute atomic E-state index is 12.1. The molecule has 0 aliphatic heterocycles. The van der Waals surface area contributed by atoms with E-state index in [9.17, 15) is 14.4 Å². The number of amides is 2. The van der Waals surface area contributed by atoms with Crippen LogP contribution < -0.4 is 11.1 Å². The number of hydrogen-bond donors (Lipinski definition) is 3. The molecule has 1 aromatic carbocycles. The third-order valence-electron chi connectivity index (χ3n) is 3.81. The van der Waals surface area contributed by atoms with Gasteiger partial charge in [-0.2, -0.15) is 0 Å². The Morgan fingerprint density at radius 2 is 1.70 bits per heavy atom. The number of nitrogens with two attached hydrogens (primary N) is 1. The second-order valence-corrected chi connectivity index (χ2v) is 5.55. The Morgan fingerprint density at radius 3 is 2.10 bits per heavy atom. The van der Waals surface area contributed by atoms with Crippen LogP contribution in [0.15, 0.2) is 24.3 Å². The van der Waals surface area contributed by atoms with Gasteiger partial charge >= 0.3 is 5.97 Å². The summed E-state index contributed by atoms with van der Waals surface area (Å²) >= 11 is 0. The molecule has 106 valence electrons. The van der Waals surface area contributed by atoms with Crippen molar-refractivity contribution in [2.75, 3.05) is 5.32 Å². The fourth-order valence-corrected chi connectivity index (χ4v) is 2.53. The Labute approximate surface area is 116 Å². The number of primary amides is 1. The minimum absolute atomic E-state index is 0.325. The molecule has 6 heteroatoms. The van der Waals surface area contributed by atoms with Gasteiger partial charge in [0.05, 0.1) is 11.8 Å². The standard InChI is InChI=1S/C14H16N2O4/c1-14(2)9(10(14)13(19)20)12(18)16-8-5-3-7(4-6-8)11(15)17/h3-6,9-10H,1-2H3,(H2,15,17)(H,16,18)(H,19,20). The molecular formula is C14H16N2O4. The van der Waals surface area contributed by atoms with Crippen LogP contribution in [0.25, 0.3) is 0 Å². The van der Waals surface area contributed by atoms with E-state index in [1.807, 2.05) is 0 Å². The normalized spacial score (nSPS) is 22.9. The number of benzene rings is 1. The summed E-state index contributed by atoms with van der Waals surface area (Å²) in [5.41, 5.74) is 5.43. The SMILES string of the molecule is CC1(C)C(C(=O)O)C1C(=O)Nc1ccc(C(N)=O)cc1. The van der Waals surface area contributed by atoms with Crippen molar-refractivity contribution in [3.05, 3.63) is 29.8 Å². The number of nitrogens with one attached hydrogen (secondary N) is 1. The second kappa shape index (κ2) is 4.63. The third kappa shape index (κ3) is 2.36. The Morgan fingerprint density at radius 1 is 1.15 bits per heavy atom. The zero-order valence-electron chi connectivity index (χ0n) is 11.2. The molecule has 2 rings (SSSR count). The molecule has 0 spiro atoms. The molecule has 0 bridgehead atoms. The topological polar surface area (TPSA) is 109 Å². The van der Waals surface area contributed by atoms with E-state index in [1.54, 1.807) is 26.0 Å². The van der Waals surface area contributed by atoms with Crippen LogP contribution in [0.4, 0.5) is 5.69 Å². The van der Waals surface area contributed by atoms with Gasteiger partial charge in [-0.05, 0) is 29.7 Å². The maximum Gasteiger partial charge on any atom is 0.307 e. The van der Waals surface area contributed by atoms with Gasteiger partial charge in [0.1, 0.15) is 0 Å². The molecule has 0 radical (unpaired) electrons. The van der Waals surface area contributed by atoms with Gasteiger partial charge in [0, 0.05) is 11.3 Å². The summed E-state index contributed by atoms with van der Waals surface area (Å²) in [6, 6.07) is 6.13. The molecule has 1 fully saturated rings. The van der Waals surface area contributed by atoms with Gasteiger partial charge in [-0.15, -0.1) is 0 Å². The van der Waals surface area contributed by atoms with Crippen LogP contribution in [-0.4, -0.2) is 22.9 Å². The van der Waals surface area contributed by atoms with Crippen molar-refractivity contribution in [3.8, 4) is 0 Å². The lowest BCUT2D eigenvalue weighted by atomic mass is 10.1. The van der Waals surface area contributed by atoms with Crippen LogP contribution in [-0.2, 0) is 9.59 Å². The van der Waals surface area contributed by atoms with Gasteiger partial charge in [-0.3, -0.25) is 14.4 Å². The first-order valence-electron chi connectivity index (χ1n) is 6.18. The lowest BCUT2D eigenvalue weighted by Crippen LogP contribution is -2.18. The molecule has 2 atom stereocenters. The van der Waals surface area contributed by atoms with Gasteiger partial charge in [-0.1, -0.05) is 13.8 Å². The van der Waals surface area contributed by atoms with Gasteiger partial charge in [0.15, 0.2) is 0 Å². The number of carbonyl (C=O) groups excluding carboxylic acids is 2. The van der Waals surface area contributed by atoms with E-state index in [-0.39, 0.29) is 5.91 Å². The van der Waals surface area contributed by atoms with Crippen molar-refractivity contribution >= 4 is 23.5 Å². The summed E-state index contributed by atoms with van der Waals surface area (Å²) in [7, 11) is 0. The molecule has 2 amide bonds. The molecular weight excluding hydrogens is 260 g/mol. The predicted octanol–water partition coefficient (Wildman–Crippen LogP) is 1.08. The molecule has 0 heterocycles. The Balaban J connectivity index is 2.06. The van der Waals surface area contributed by atoms with Crippen molar-refractivity contribution in [3.63, 3.8) is 0 Å². The summed E-state index contributed by atoms with van der Waals surface area (Å²) in [4.78, 5) is 34.0. The zero-order valence-corrected chi connectivity index (χ0v) is 11.2. The lowest BCUT2D eigenvalue weighted by Gasteiger charge is -2.06. The number of aliphatic carboxylic acids is 1. The summed E-state index contributed by atoms with van der Waals surface area (Å²) in [6.45, 7) is 3.51. The van der Waals surface area contributed by atoms with Crippen LogP contribution in [0, 0.1) is 17.3 Å². The van der Waals surface area contributed by atoms with E-state index in [0.29, 0.717) is 11.3 Å². The van der Waals surface area contributed by atoms with Crippen molar-refractivity contribution < 1.29 is 19.5 Å². The molecule has 1 saturated carbocycles. The average molecular weight is 276 g/mol. The number of carboxylic acid groups (broad SMARTS) is 1. The van der Waals surface area contributed by atoms with Crippen LogP contribution in [0.1, 0.15) is 24.2 Å². The molecule has 6 nitrogen and oxygen atoms in total. The van der Waals surface area contributed by atoms with Crippen LogP contribution >= 0.6 is 0 Å². The average Bonchev–Trinajstić information content (AvgIpc) is 2.93. The molecule has 1 aromatic rings. The summed E-state index contributed by atoms with van der Waals surface area (Å²) in [6.07, 6.45) is 0.